The molecule has 0 aliphatic carbocycles. The van der Waals surface area contributed by atoms with Gasteiger partial charge in [0.05, 0.1) is 22.3 Å². The molecule has 0 spiro atoms. The highest BCUT2D eigenvalue weighted by atomic mass is 32.2. The van der Waals surface area contributed by atoms with Crippen LogP contribution in [-0.2, 0) is 0 Å². The first-order chi connectivity index (χ1) is 18.7. The number of terminal acetylenes is 1. The van der Waals surface area contributed by atoms with Gasteiger partial charge in [0.2, 0.25) is 5.95 Å². The van der Waals surface area contributed by atoms with E-state index < -0.39 is 12.6 Å². The van der Waals surface area contributed by atoms with E-state index in [1.54, 1.807) is 18.3 Å². The van der Waals surface area contributed by atoms with Crippen molar-refractivity contribution in [3.63, 3.8) is 0 Å². The molecule has 10 heteroatoms. The largest absolute Gasteiger partial charge is 0.460 e. The summed E-state index contributed by atoms with van der Waals surface area (Å²) in [6, 6.07) is 13.0. The number of benzene rings is 2. The molecule has 3 N–H and O–H groups in total. The van der Waals surface area contributed by atoms with Crippen LogP contribution in [0.4, 0.5) is 24.8 Å². The number of piperidine rings is 1. The zero-order valence-electron chi connectivity index (χ0n) is 21.9. The lowest BCUT2D eigenvalue weighted by molar-refractivity contribution is -0.131. The van der Waals surface area contributed by atoms with Gasteiger partial charge in [0, 0.05) is 41.8 Å². The minimum Gasteiger partial charge on any atom is -0.460 e. The lowest BCUT2D eigenvalue weighted by Gasteiger charge is -2.24. The molecule has 0 amide bonds. The summed E-state index contributed by atoms with van der Waals surface area (Å²) in [4.78, 5) is 9.96. The lowest BCUT2D eigenvalue weighted by Crippen LogP contribution is -2.38. The Labute approximate surface area is 231 Å². The Balaban J connectivity index is 1.63. The van der Waals surface area contributed by atoms with Crippen LogP contribution in [-0.4, -0.2) is 47.1 Å². The predicted molar refractivity (Wildman–Crippen MR) is 154 cm³/mol. The number of fused-ring (bicyclic) bond motifs is 1. The molecule has 2 heterocycles. The van der Waals surface area contributed by atoms with Crippen molar-refractivity contribution >= 4 is 39.1 Å². The van der Waals surface area contributed by atoms with Crippen LogP contribution < -0.4 is 20.7 Å². The summed E-state index contributed by atoms with van der Waals surface area (Å²) >= 11 is 1.47. The number of allylic oxidation sites excluding steroid dienone is 1. The molecular formula is C29H32F3N5OS. The monoisotopic (exact) mass is 555 g/mol. The van der Waals surface area contributed by atoms with E-state index in [-0.39, 0.29) is 17.8 Å². The average molecular weight is 556 g/mol. The fraction of sp³-hybridized carbons (Fsp3) is 0.379. The quantitative estimate of drug-likeness (QED) is 0.190. The van der Waals surface area contributed by atoms with Crippen LogP contribution in [0.25, 0.3) is 15.7 Å². The van der Waals surface area contributed by atoms with Crippen LogP contribution in [0.2, 0.25) is 0 Å². The average Bonchev–Trinajstić information content (AvgIpc) is 2.92. The standard InChI is InChI=1S/C29H32F3N5OS/c1-4-19(2)39-27(25-13-16-35-28(37-25)36-21-8-7-15-33-18-21)20(3)38-26-12-11-24(34-17-14-29(30,31)32)22-9-5-6-10-23(22)26/h1,5-6,9-13,16,19,21,33-34H,7-8,14-15,17-18H2,2-3H3,(H,35,36,37)/b27-20+. The fourth-order valence-corrected chi connectivity index (χ4v) is 5.18. The number of anilines is 2. The Hall–Kier alpha value is -3.42. The van der Waals surface area contributed by atoms with E-state index in [1.165, 1.54) is 11.8 Å². The minimum absolute atomic E-state index is 0.135. The van der Waals surface area contributed by atoms with Gasteiger partial charge in [-0.25, -0.2) is 9.97 Å². The molecule has 1 saturated heterocycles. The van der Waals surface area contributed by atoms with Gasteiger partial charge < -0.3 is 20.7 Å². The summed E-state index contributed by atoms with van der Waals surface area (Å²) in [6.07, 6.45) is 4.41. The van der Waals surface area contributed by atoms with Gasteiger partial charge in [-0.15, -0.1) is 18.2 Å². The Morgan fingerprint density at radius 2 is 2.03 bits per heavy atom. The van der Waals surface area contributed by atoms with Crippen LogP contribution in [0.1, 0.15) is 38.8 Å². The first-order valence-electron chi connectivity index (χ1n) is 12.9. The molecule has 3 aromatic rings. The lowest BCUT2D eigenvalue weighted by atomic mass is 10.1. The molecule has 1 aromatic heterocycles. The van der Waals surface area contributed by atoms with E-state index in [1.807, 2.05) is 44.2 Å². The van der Waals surface area contributed by atoms with E-state index in [9.17, 15) is 13.2 Å². The summed E-state index contributed by atoms with van der Waals surface area (Å²) in [5.41, 5.74) is 1.30. The van der Waals surface area contributed by atoms with E-state index in [4.69, 9.17) is 16.1 Å². The van der Waals surface area contributed by atoms with Gasteiger partial charge in [-0.1, -0.05) is 30.2 Å². The van der Waals surface area contributed by atoms with E-state index in [2.05, 4.69) is 26.9 Å². The number of nitrogens with zero attached hydrogens (tertiary/aromatic N) is 2. The van der Waals surface area contributed by atoms with Crippen molar-refractivity contribution in [2.75, 3.05) is 30.3 Å². The van der Waals surface area contributed by atoms with Crippen molar-refractivity contribution in [1.29, 1.82) is 0 Å². The van der Waals surface area contributed by atoms with Gasteiger partial charge in [0.1, 0.15) is 11.5 Å². The smallest absolute Gasteiger partial charge is 0.390 e. The van der Waals surface area contributed by atoms with Crippen molar-refractivity contribution in [3.8, 4) is 18.1 Å². The maximum absolute atomic E-state index is 12.7. The van der Waals surface area contributed by atoms with Crippen LogP contribution in [0, 0.1) is 12.3 Å². The van der Waals surface area contributed by atoms with Crippen LogP contribution in [0.5, 0.6) is 5.75 Å². The minimum atomic E-state index is -4.22. The van der Waals surface area contributed by atoms with Gasteiger partial charge >= 0.3 is 6.18 Å². The van der Waals surface area contributed by atoms with Gasteiger partial charge in [-0.2, -0.15) is 13.2 Å². The number of rotatable bonds is 10. The van der Waals surface area contributed by atoms with Crippen molar-refractivity contribution in [1.82, 2.24) is 15.3 Å². The van der Waals surface area contributed by atoms with Crippen molar-refractivity contribution in [2.45, 2.75) is 50.6 Å². The second-order valence-electron chi connectivity index (χ2n) is 9.32. The van der Waals surface area contributed by atoms with Crippen molar-refractivity contribution in [3.05, 3.63) is 60.1 Å². The molecule has 206 valence electrons. The van der Waals surface area contributed by atoms with E-state index >= 15 is 0 Å². The number of aromatic nitrogens is 2. The van der Waals surface area contributed by atoms with E-state index in [0.29, 0.717) is 28.8 Å². The first-order valence-corrected chi connectivity index (χ1v) is 13.8. The Morgan fingerprint density at radius 1 is 1.23 bits per heavy atom. The topological polar surface area (TPSA) is 71.1 Å². The van der Waals surface area contributed by atoms with Gasteiger partial charge in [-0.3, -0.25) is 0 Å². The molecule has 0 radical (unpaired) electrons. The number of hydrogen-bond donors (Lipinski definition) is 3. The molecule has 1 aliphatic rings. The number of ether oxygens (including phenoxy) is 1. The summed E-state index contributed by atoms with van der Waals surface area (Å²) in [6.45, 7) is 5.45. The fourth-order valence-electron chi connectivity index (χ4n) is 4.31. The van der Waals surface area contributed by atoms with Gasteiger partial charge in [-0.05, 0) is 51.4 Å². The summed E-state index contributed by atoms with van der Waals surface area (Å²) in [5, 5.41) is 11.1. The number of halogens is 3. The molecule has 1 aliphatic heterocycles. The molecule has 0 bridgehead atoms. The number of thioether (sulfide) groups is 1. The third-order valence-corrected chi connectivity index (χ3v) is 7.46. The van der Waals surface area contributed by atoms with Gasteiger partial charge in [0.25, 0.3) is 0 Å². The Kier molecular flexibility index (Phi) is 9.59. The van der Waals surface area contributed by atoms with Crippen LogP contribution in [0.15, 0.2) is 54.4 Å². The van der Waals surface area contributed by atoms with Crippen LogP contribution in [0.3, 0.4) is 0 Å². The molecular weight excluding hydrogens is 523 g/mol. The molecule has 2 unspecified atom stereocenters. The zero-order valence-corrected chi connectivity index (χ0v) is 22.8. The number of alkyl halides is 3. The SMILES string of the molecule is C#CC(C)S/C(=C(\C)Oc1ccc(NCCC(F)(F)F)c2ccccc12)c1ccnc(NC2CCCNC2)n1. The normalized spacial score (nSPS) is 17.2. The highest BCUT2D eigenvalue weighted by Gasteiger charge is 2.26. The third-order valence-electron chi connectivity index (χ3n) is 6.24. The predicted octanol–water partition coefficient (Wildman–Crippen LogP) is 6.68. The van der Waals surface area contributed by atoms with Crippen LogP contribution >= 0.6 is 11.8 Å². The maximum atomic E-state index is 12.7. The van der Waals surface area contributed by atoms with Crippen molar-refractivity contribution < 1.29 is 17.9 Å². The second kappa shape index (κ2) is 13.1. The highest BCUT2D eigenvalue weighted by molar-refractivity contribution is 8.09. The third kappa shape index (κ3) is 8.04. The van der Waals surface area contributed by atoms with Gasteiger partial charge in [0.15, 0.2) is 0 Å². The molecule has 1 fully saturated rings. The molecule has 2 aromatic carbocycles. The second-order valence-corrected chi connectivity index (χ2v) is 10.7. The maximum Gasteiger partial charge on any atom is 0.390 e. The number of nitrogens with one attached hydrogen (secondary N) is 3. The van der Waals surface area contributed by atoms with E-state index in [0.717, 1.165) is 41.6 Å². The summed E-state index contributed by atoms with van der Waals surface area (Å²) in [5.74, 6) is 4.48. The summed E-state index contributed by atoms with van der Waals surface area (Å²) < 4.78 is 44.4. The molecule has 39 heavy (non-hydrogen) atoms. The first kappa shape index (κ1) is 28.6. The number of hydrogen-bond acceptors (Lipinski definition) is 7. The van der Waals surface area contributed by atoms with Crippen molar-refractivity contribution in [2.24, 2.45) is 0 Å². The molecule has 6 nitrogen and oxygen atoms in total. The molecule has 4 rings (SSSR count). The Morgan fingerprint density at radius 3 is 2.74 bits per heavy atom. The zero-order chi connectivity index (χ0) is 27.8. The molecule has 2 atom stereocenters. The highest BCUT2D eigenvalue weighted by Crippen LogP contribution is 2.37. The molecule has 0 saturated carbocycles. The summed E-state index contributed by atoms with van der Waals surface area (Å²) in [7, 11) is 0. The Bertz CT molecular complexity index is 1350.